The minimum Gasteiger partial charge on any atom is -0.463 e. The van der Waals surface area contributed by atoms with Crippen molar-refractivity contribution in [3.05, 3.63) is 59.5 Å². The molecule has 6 heteroatoms. The number of carbonyl (C=O) groups is 2. The fraction of sp³-hybridized carbons (Fsp3) is 0.263. The van der Waals surface area contributed by atoms with Gasteiger partial charge >= 0.3 is 0 Å². The van der Waals surface area contributed by atoms with E-state index in [9.17, 15) is 9.59 Å². The molecule has 1 saturated heterocycles. The number of hydrogen-bond donors (Lipinski definition) is 2. The van der Waals surface area contributed by atoms with Crippen molar-refractivity contribution >= 4 is 22.9 Å². The molecule has 1 aromatic carbocycles. The minimum atomic E-state index is -0.479. The van der Waals surface area contributed by atoms with Gasteiger partial charge in [0, 0.05) is 25.2 Å². The second-order valence-corrected chi connectivity index (χ2v) is 6.44. The predicted molar refractivity (Wildman–Crippen MR) is 93.0 cm³/mol. The van der Waals surface area contributed by atoms with Crippen molar-refractivity contribution in [2.45, 2.75) is 25.9 Å². The van der Waals surface area contributed by atoms with Crippen molar-refractivity contribution < 1.29 is 14.0 Å². The van der Waals surface area contributed by atoms with E-state index in [0.29, 0.717) is 30.8 Å². The minimum absolute atomic E-state index is 0.0378. The Bertz CT molecular complexity index is 894. The van der Waals surface area contributed by atoms with Gasteiger partial charge in [-0.05, 0) is 18.9 Å². The molecule has 0 spiro atoms. The Morgan fingerprint density at radius 3 is 2.88 bits per heavy atom. The zero-order valence-corrected chi connectivity index (χ0v) is 13.9. The number of rotatable bonds is 4. The number of likely N-dealkylation sites (tertiary alicyclic amines) is 1. The molecule has 2 aromatic heterocycles. The maximum atomic E-state index is 12.5. The standard InChI is InChI=1S/C19H19N3O3/c1-12-2-4-13(5-3-12)11-22-8-6-15(19(22)24)21-18(23)16-10-17-14(20-16)7-9-25-17/h2-5,7,9-10,15,20H,6,8,11H2,1H3,(H,21,23)/t15-/m1/s1. The molecule has 128 valence electrons. The molecule has 0 unspecified atom stereocenters. The molecular formula is C19H19N3O3. The lowest BCUT2D eigenvalue weighted by Crippen LogP contribution is -2.41. The summed E-state index contributed by atoms with van der Waals surface area (Å²) in [6.07, 6.45) is 2.18. The number of hydrogen-bond acceptors (Lipinski definition) is 3. The van der Waals surface area contributed by atoms with E-state index >= 15 is 0 Å². The number of carbonyl (C=O) groups excluding carboxylic acids is 2. The first kappa shape index (κ1) is 15.5. The van der Waals surface area contributed by atoms with Crippen molar-refractivity contribution in [2.24, 2.45) is 0 Å². The van der Waals surface area contributed by atoms with Crippen LogP contribution in [-0.2, 0) is 11.3 Å². The number of nitrogens with one attached hydrogen (secondary N) is 2. The summed E-state index contributed by atoms with van der Waals surface area (Å²) in [5.74, 6) is -0.328. The van der Waals surface area contributed by atoms with Gasteiger partial charge in [0.2, 0.25) is 5.91 Å². The van der Waals surface area contributed by atoms with Crippen LogP contribution in [0.4, 0.5) is 0 Å². The van der Waals surface area contributed by atoms with Crippen molar-refractivity contribution in [3.8, 4) is 0 Å². The zero-order valence-electron chi connectivity index (χ0n) is 13.9. The van der Waals surface area contributed by atoms with Crippen LogP contribution in [0, 0.1) is 6.92 Å². The molecule has 1 aliphatic heterocycles. The Hall–Kier alpha value is -3.02. The molecule has 1 aliphatic rings. The molecule has 0 radical (unpaired) electrons. The third-order valence-corrected chi connectivity index (χ3v) is 4.58. The normalized spacial score (nSPS) is 17.4. The Morgan fingerprint density at radius 2 is 2.12 bits per heavy atom. The number of H-pyrrole nitrogens is 1. The molecule has 0 bridgehead atoms. The van der Waals surface area contributed by atoms with Crippen LogP contribution in [0.3, 0.4) is 0 Å². The van der Waals surface area contributed by atoms with E-state index < -0.39 is 6.04 Å². The lowest BCUT2D eigenvalue weighted by molar-refractivity contribution is -0.129. The fourth-order valence-corrected chi connectivity index (χ4v) is 3.15. The SMILES string of the molecule is Cc1ccc(CN2CC[C@@H](NC(=O)c3cc4occc4[nH]3)C2=O)cc1. The van der Waals surface area contributed by atoms with Crippen LogP contribution in [0.2, 0.25) is 0 Å². The Balaban J connectivity index is 1.40. The third-order valence-electron chi connectivity index (χ3n) is 4.58. The lowest BCUT2D eigenvalue weighted by atomic mass is 10.1. The predicted octanol–water partition coefficient (Wildman–Crippen LogP) is 2.60. The largest absolute Gasteiger partial charge is 0.463 e. The summed E-state index contributed by atoms with van der Waals surface area (Å²) in [6, 6.07) is 11.1. The van der Waals surface area contributed by atoms with Gasteiger partial charge in [-0.2, -0.15) is 0 Å². The lowest BCUT2D eigenvalue weighted by Gasteiger charge is -2.17. The van der Waals surface area contributed by atoms with Crippen LogP contribution < -0.4 is 5.32 Å². The molecule has 4 rings (SSSR count). The smallest absolute Gasteiger partial charge is 0.268 e. The van der Waals surface area contributed by atoms with Crippen LogP contribution in [-0.4, -0.2) is 34.3 Å². The second-order valence-electron chi connectivity index (χ2n) is 6.44. The van der Waals surface area contributed by atoms with Crippen LogP contribution in [0.1, 0.15) is 28.0 Å². The topological polar surface area (TPSA) is 78.3 Å². The van der Waals surface area contributed by atoms with Gasteiger partial charge < -0.3 is 19.6 Å². The molecule has 0 aliphatic carbocycles. The number of benzene rings is 1. The van der Waals surface area contributed by atoms with E-state index in [1.807, 2.05) is 31.2 Å². The summed E-state index contributed by atoms with van der Waals surface area (Å²) >= 11 is 0. The molecule has 0 saturated carbocycles. The van der Waals surface area contributed by atoms with Gasteiger partial charge in [-0.15, -0.1) is 0 Å². The van der Waals surface area contributed by atoms with Crippen molar-refractivity contribution in [1.29, 1.82) is 0 Å². The fourth-order valence-electron chi connectivity index (χ4n) is 3.15. The Morgan fingerprint density at radius 1 is 1.32 bits per heavy atom. The van der Waals surface area contributed by atoms with E-state index in [1.54, 1.807) is 23.3 Å². The number of furan rings is 1. The van der Waals surface area contributed by atoms with E-state index in [1.165, 1.54) is 5.56 Å². The van der Waals surface area contributed by atoms with Gasteiger partial charge in [-0.1, -0.05) is 29.8 Å². The van der Waals surface area contributed by atoms with Crippen LogP contribution in [0.15, 0.2) is 47.1 Å². The number of aromatic amines is 1. The molecule has 3 heterocycles. The van der Waals surface area contributed by atoms with Crippen LogP contribution in [0.25, 0.3) is 11.1 Å². The Labute approximate surface area is 144 Å². The van der Waals surface area contributed by atoms with Crippen molar-refractivity contribution in [3.63, 3.8) is 0 Å². The number of fused-ring (bicyclic) bond motifs is 1. The monoisotopic (exact) mass is 337 g/mol. The van der Waals surface area contributed by atoms with Crippen LogP contribution >= 0.6 is 0 Å². The zero-order chi connectivity index (χ0) is 17.4. The average molecular weight is 337 g/mol. The molecule has 2 amide bonds. The quantitative estimate of drug-likeness (QED) is 0.768. The number of amides is 2. The summed E-state index contributed by atoms with van der Waals surface area (Å²) in [5, 5.41) is 2.82. The summed E-state index contributed by atoms with van der Waals surface area (Å²) in [7, 11) is 0. The Kier molecular flexibility index (Phi) is 3.80. The first-order valence-corrected chi connectivity index (χ1v) is 8.31. The first-order valence-electron chi connectivity index (χ1n) is 8.31. The second kappa shape index (κ2) is 6.12. The number of aryl methyl sites for hydroxylation is 1. The average Bonchev–Trinajstić information content (AvgIpc) is 3.27. The van der Waals surface area contributed by atoms with Gasteiger partial charge in [0.25, 0.3) is 5.91 Å². The molecule has 1 atom stereocenters. The molecule has 3 aromatic rings. The third kappa shape index (κ3) is 3.03. The maximum Gasteiger partial charge on any atom is 0.268 e. The summed E-state index contributed by atoms with van der Waals surface area (Å²) in [5.41, 5.74) is 4.08. The molecular weight excluding hydrogens is 318 g/mol. The van der Waals surface area contributed by atoms with Crippen molar-refractivity contribution in [2.75, 3.05) is 6.54 Å². The molecule has 25 heavy (non-hydrogen) atoms. The summed E-state index contributed by atoms with van der Waals surface area (Å²) < 4.78 is 5.25. The summed E-state index contributed by atoms with van der Waals surface area (Å²) in [4.78, 5) is 29.7. The highest BCUT2D eigenvalue weighted by Gasteiger charge is 2.33. The van der Waals surface area contributed by atoms with Gasteiger partial charge in [-0.25, -0.2) is 0 Å². The highest BCUT2D eigenvalue weighted by molar-refractivity contribution is 5.99. The van der Waals surface area contributed by atoms with E-state index in [2.05, 4.69) is 10.3 Å². The van der Waals surface area contributed by atoms with Gasteiger partial charge in [0.05, 0.1) is 11.8 Å². The molecule has 6 nitrogen and oxygen atoms in total. The van der Waals surface area contributed by atoms with Gasteiger partial charge in [-0.3, -0.25) is 9.59 Å². The van der Waals surface area contributed by atoms with E-state index in [4.69, 9.17) is 4.42 Å². The van der Waals surface area contributed by atoms with E-state index in [-0.39, 0.29) is 11.8 Å². The molecule has 1 fully saturated rings. The highest BCUT2D eigenvalue weighted by atomic mass is 16.3. The number of aromatic nitrogens is 1. The van der Waals surface area contributed by atoms with Gasteiger partial charge in [0.15, 0.2) is 5.58 Å². The highest BCUT2D eigenvalue weighted by Crippen LogP contribution is 2.18. The van der Waals surface area contributed by atoms with E-state index in [0.717, 1.165) is 11.1 Å². The van der Waals surface area contributed by atoms with Gasteiger partial charge in [0.1, 0.15) is 11.7 Å². The van der Waals surface area contributed by atoms with Crippen LogP contribution in [0.5, 0.6) is 0 Å². The maximum absolute atomic E-state index is 12.5. The number of nitrogens with zero attached hydrogens (tertiary/aromatic N) is 1. The van der Waals surface area contributed by atoms with Crippen molar-refractivity contribution in [1.82, 2.24) is 15.2 Å². The first-order chi connectivity index (χ1) is 12.1. The summed E-state index contributed by atoms with van der Waals surface area (Å²) in [6.45, 7) is 3.25. The molecule has 2 N–H and O–H groups in total.